The van der Waals surface area contributed by atoms with Gasteiger partial charge in [-0.2, -0.15) is 0 Å². The maximum atomic E-state index is 13.0. The summed E-state index contributed by atoms with van der Waals surface area (Å²) >= 11 is 0. The first kappa shape index (κ1) is 18.9. The molecule has 0 aliphatic carbocycles. The van der Waals surface area contributed by atoms with Crippen LogP contribution < -0.4 is 5.32 Å². The number of urea groups is 1. The topological polar surface area (TPSA) is 52.7 Å². The molecule has 3 rings (SSSR count). The van der Waals surface area contributed by atoms with Gasteiger partial charge in [0, 0.05) is 32.4 Å². The molecule has 142 valence electrons. The van der Waals surface area contributed by atoms with Crippen molar-refractivity contribution in [3.63, 3.8) is 0 Å². The number of carbonyl (C=O) groups is 2. The molecule has 5 nitrogen and oxygen atoms in total. The van der Waals surface area contributed by atoms with Gasteiger partial charge in [-0.3, -0.25) is 4.79 Å². The van der Waals surface area contributed by atoms with Crippen LogP contribution in [0.5, 0.6) is 0 Å². The fourth-order valence-electron chi connectivity index (χ4n) is 3.34. The molecule has 1 fully saturated rings. The fourth-order valence-corrected chi connectivity index (χ4v) is 3.34. The van der Waals surface area contributed by atoms with Crippen LogP contribution >= 0.6 is 0 Å². The number of benzene rings is 2. The third-order valence-corrected chi connectivity index (χ3v) is 4.79. The largest absolute Gasteiger partial charge is 0.341 e. The van der Waals surface area contributed by atoms with Crippen molar-refractivity contribution in [3.8, 4) is 0 Å². The summed E-state index contributed by atoms with van der Waals surface area (Å²) in [5, 5.41) is 2.87. The second-order valence-electron chi connectivity index (χ2n) is 6.90. The first-order valence-corrected chi connectivity index (χ1v) is 9.13. The van der Waals surface area contributed by atoms with Crippen LogP contribution in [0, 0.1) is 11.7 Å². The maximum absolute atomic E-state index is 13.0. The van der Waals surface area contributed by atoms with Gasteiger partial charge in [0.15, 0.2) is 0 Å². The number of nitrogens with one attached hydrogen (secondary N) is 1. The molecule has 1 heterocycles. The summed E-state index contributed by atoms with van der Waals surface area (Å²) < 4.78 is 13.0. The first-order chi connectivity index (χ1) is 13.0. The van der Waals surface area contributed by atoms with Crippen LogP contribution in [0.3, 0.4) is 0 Å². The number of nitrogens with zero attached hydrogens (tertiary/aromatic N) is 2. The van der Waals surface area contributed by atoms with Crippen LogP contribution in [-0.4, -0.2) is 41.9 Å². The summed E-state index contributed by atoms with van der Waals surface area (Å²) in [5.41, 5.74) is 1.62. The van der Waals surface area contributed by atoms with Crippen LogP contribution in [0.25, 0.3) is 0 Å². The minimum absolute atomic E-state index is 0.0107. The Kier molecular flexibility index (Phi) is 6.06. The number of carbonyl (C=O) groups excluding carboxylic acids is 2. The monoisotopic (exact) mass is 369 g/mol. The predicted octanol–water partition coefficient (Wildman–Crippen LogP) is 3.73. The molecular weight excluding hydrogens is 345 g/mol. The Bertz CT molecular complexity index is 780. The summed E-state index contributed by atoms with van der Waals surface area (Å²) in [4.78, 5) is 28.6. The van der Waals surface area contributed by atoms with E-state index in [2.05, 4.69) is 5.32 Å². The Hall–Kier alpha value is -2.89. The Morgan fingerprint density at radius 2 is 1.85 bits per heavy atom. The van der Waals surface area contributed by atoms with Crippen molar-refractivity contribution in [2.75, 3.05) is 25.5 Å². The average molecular weight is 369 g/mol. The van der Waals surface area contributed by atoms with E-state index in [9.17, 15) is 14.0 Å². The van der Waals surface area contributed by atoms with Crippen LogP contribution in [-0.2, 0) is 11.3 Å². The van der Waals surface area contributed by atoms with E-state index in [1.807, 2.05) is 30.3 Å². The summed E-state index contributed by atoms with van der Waals surface area (Å²) in [7, 11) is 1.74. The SMILES string of the molecule is CN(Cc1ccc(F)cc1)C(=O)C1CCCN(C(=O)Nc2ccccc2)C1. The van der Waals surface area contributed by atoms with Gasteiger partial charge in [-0.1, -0.05) is 30.3 Å². The van der Waals surface area contributed by atoms with E-state index < -0.39 is 0 Å². The molecule has 1 aliphatic rings. The number of piperidine rings is 1. The Balaban J connectivity index is 1.57. The minimum Gasteiger partial charge on any atom is -0.341 e. The third kappa shape index (κ3) is 5.06. The van der Waals surface area contributed by atoms with E-state index in [0.717, 1.165) is 24.1 Å². The Morgan fingerprint density at radius 3 is 2.56 bits per heavy atom. The highest BCUT2D eigenvalue weighted by atomic mass is 19.1. The van der Waals surface area contributed by atoms with Crippen molar-refractivity contribution >= 4 is 17.6 Å². The smallest absolute Gasteiger partial charge is 0.321 e. The molecular formula is C21H24FN3O2. The van der Waals surface area contributed by atoms with Gasteiger partial charge < -0.3 is 15.1 Å². The lowest BCUT2D eigenvalue weighted by Crippen LogP contribution is -2.47. The minimum atomic E-state index is -0.292. The molecule has 1 aliphatic heterocycles. The van der Waals surface area contributed by atoms with Crippen LogP contribution in [0.2, 0.25) is 0 Å². The molecule has 1 N–H and O–H groups in total. The second kappa shape index (κ2) is 8.66. The molecule has 2 aromatic rings. The lowest BCUT2D eigenvalue weighted by molar-refractivity contribution is -0.136. The van der Waals surface area contributed by atoms with E-state index in [1.54, 1.807) is 29.0 Å². The zero-order valence-electron chi connectivity index (χ0n) is 15.4. The third-order valence-electron chi connectivity index (χ3n) is 4.79. The molecule has 0 aromatic heterocycles. The van der Waals surface area contributed by atoms with Crippen LogP contribution in [0.15, 0.2) is 54.6 Å². The molecule has 1 atom stereocenters. The number of anilines is 1. The van der Waals surface area contributed by atoms with Crippen molar-refractivity contribution < 1.29 is 14.0 Å². The standard InChI is InChI=1S/C21H24FN3O2/c1-24(14-16-9-11-18(22)12-10-16)20(26)17-6-5-13-25(15-17)21(27)23-19-7-3-2-4-8-19/h2-4,7-12,17H,5-6,13-15H2,1H3,(H,23,27). The van der Waals surface area contributed by atoms with Crippen molar-refractivity contribution in [2.45, 2.75) is 19.4 Å². The maximum Gasteiger partial charge on any atom is 0.321 e. The molecule has 1 saturated heterocycles. The van der Waals surface area contributed by atoms with Crippen LogP contribution in [0.1, 0.15) is 18.4 Å². The summed E-state index contributed by atoms with van der Waals surface area (Å²) in [5.74, 6) is -0.498. The number of likely N-dealkylation sites (tertiary alicyclic amines) is 1. The quantitative estimate of drug-likeness (QED) is 0.893. The fraction of sp³-hybridized carbons (Fsp3) is 0.333. The van der Waals surface area contributed by atoms with Gasteiger partial charge in [0.2, 0.25) is 5.91 Å². The highest BCUT2D eigenvalue weighted by molar-refractivity contribution is 5.90. The van der Waals surface area contributed by atoms with Crippen molar-refractivity contribution in [1.82, 2.24) is 9.80 Å². The van der Waals surface area contributed by atoms with Crippen LogP contribution in [0.4, 0.5) is 14.9 Å². The highest BCUT2D eigenvalue weighted by Gasteiger charge is 2.30. The normalized spacial score (nSPS) is 16.7. The zero-order valence-corrected chi connectivity index (χ0v) is 15.4. The number of amides is 3. The number of hydrogen-bond acceptors (Lipinski definition) is 2. The summed E-state index contributed by atoms with van der Waals surface area (Å²) in [6.07, 6.45) is 1.56. The number of hydrogen-bond donors (Lipinski definition) is 1. The Labute approximate surface area is 158 Å². The average Bonchev–Trinajstić information content (AvgIpc) is 2.70. The second-order valence-corrected chi connectivity index (χ2v) is 6.90. The highest BCUT2D eigenvalue weighted by Crippen LogP contribution is 2.20. The summed E-state index contributed by atoms with van der Waals surface area (Å²) in [6.45, 7) is 1.47. The van der Waals surface area contributed by atoms with E-state index in [4.69, 9.17) is 0 Å². The molecule has 0 saturated carbocycles. The van der Waals surface area contributed by atoms with Gasteiger partial charge in [0.1, 0.15) is 5.82 Å². The van der Waals surface area contributed by atoms with Gasteiger partial charge in [-0.05, 0) is 42.7 Å². The van der Waals surface area contributed by atoms with Crippen molar-refractivity contribution in [1.29, 1.82) is 0 Å². The molecule has 1 unspecified atom stereocenters. The van der Waals surface area contributed by atoms with Gasteiger partial charge in [-0.15, -0.1) is 0 Å². The summed E-state index contributed by atoms with van der Waals surface area (Å²) in [6, 6.07) is 15.3. The zero-order chi connectivity index (χ0) is 19.2. The van der Waals surface area contributed by atoms with Gasteiger partial charge in [-0.25, -0.2) is 9.18 Å². The van der Waals surface area contributed by atoms with Crippen molar-refractivity contribution in [2.24, 2.45) is 5.92 Å². The van der Waals surface area contributed by atoms with E-state index in [-0.39, 0.29) is 23.7 Å². The molecule has 0 spiro atoms. The first-order valence-electron chi connectivity index (χ1n) is 9.13. The predicted molar refractivity (Wildman–Crippen MR) is 103 cm³/mol. The lowest BCUT2D eigenvalue weighted by atomic mass is 9.96. The number of para-hydroxylation sites is 1. The molecule has 27 heavy (non-hydrogen) atoms. The molecule has 0 radical (unpaired) electrons. The van der Waals surface area contributed by atoms with E-state index >= 15 is 0 Å². The van der Waals surface area contributed by atoms with Gasteiger partial charge >= 0.3 is 6.03 Å². The number of rotatable bonds is 4. The number of halogens is 1. The van der Waals surface area contributed by atoms with Gasteiger partial charge in [0.25, 0.3) is 0 Å². The van der Waals surface area contributed by atoms with E-state index in [0.29, 0.717) is 19.6 Å². The van der Waals surface area contributed by atoms with E-state index in [1.165, 1.54) is 12.1 Å². The van der Waals surface area contributed by atoms with Gasteiger partial charge in [0.05, 0.1) is 5.92 Å². The molecule has 6 heteroatoms. The lowest BCUT2D eigenvalue weighted by Gasteiger charge is -2.34. The Morgan fingerprint density at radius 1 is 1.15 bits per heavy atom. The molecule has 0 bridgehead atoms. The van der Waals surface area contributed by atoms with Crippen molar-refractivity contribution in [3.05, 3.63) is 66.0 Å². The molecule has 2 aromatic carbocycles. The molecule has 3 amide bonds.